The Kier molecular flexibility index (Phi) is 23.0. The number of ether oxygens (including phenoxy) is 2. The number of fused-ring (bicyclic) bond motifs is 4. The van der Waals surface area contributed by atoms with Crippen molar-refractivity contribution in [1.29, 1.82) is 0 Å². The van der Waals surface area contributed by atoms with Crippen molar-refractivity contribution >= 4 is 168 Å². The van der Waals surface area contributed by atoms with Crippen LogP contribution in [-0.2, 0) is 45.1 Å². The summed E-state index contributed by atoms with van der Waals surface area (Å²) in [5.74, 6) is -12.9. The Hall–Kier alpha value is -7.21. The monoisotopic (exact) mass is 1450 g/mol. The van der Waals surface area contributed by atoms with Crippen molar-refractivity contribution in [2.45, 2.75) is 30.9 Å². The molecule has 0 aliphatic carbocycles. The lowest BCUT2D eigenvalue weighted by molar-refractivity contribution is -0.140. The molecular weight excluding hydrogens is 1430 g/mol. The number of benzene rings is 5. The Morgan fingerprint density at radius 1 is 0.411 bits per heavy atom. The molecule has 482 valence electrons. The number of carbonyl (C=O) groups excluding carboxylic acids is 2. The van der Waals surface area contributed by atoms with Crippen LogP contribution in [0.1, 0.15) is 72.1 Å². The average Bonchev–Trinajstić information content (AvgIpc) is 1.99. The van der Waals surface area contributed by atoms with E-state index in [1.54, 1.807) is 0 Å². The number of alkyl halides is 15. The van der Waals surface area contributed by atoms with Crippen LogP contribution in [0, 0.1) is 29.1 Å². The first-order chi connectivity index (χ1) is 41.3. The molecule has 9 rings (SSSR count). The van der Waals surface area contributed by atoms with Gasteiger partial charge in [-0.2, -0.15) is 65.9 Å². The van der Waals surface area contributed by atoms with E-state index in [0.717, 1.165) is 49.8 Å². The molecule has 4 heterocycles. The number of carbonyl (C=O) groups is 5. The molecule has 5 aromatic carbocycles. The minimum absolute atomic E-state index is 0.0221. The molecule has 3 N–H and O–H groups in total. The number of rotatable bonds is 6. The van der Waals surface area contributed by atoms with E-state index in [2.05, 4.69) is 9.47 Å². The third-order valence-electron chi connectivity index (χ3n) is 11.0. The summed E-state index contributed by atoms with van der Waals surface area (Å²) in [6, 6.07) is 7.79. The van der Waals surface area contributed by atoms with E-state index in [1.165, 1.54) is 0 Å². The second-order valence-corrected chi connectivity index (χ2v) is 22.4. The van der Waals surface area contributed by atoms with Crippen molar-refractivity contribution in [3.05, 3.63) is 175 Å². The van der Waals surface area contributed by atoms with E-state index < -0.39 is 122 Å². The number of aliphatic carboxylic acids is 1. The molecule has 0 amide bonds. The van der Waals surface area contributed by atoms with Crippen molar-refractivity contribution in [2.75, 3.05) is 14.2 Å². The SMILES string of the molecule is COC(=O)c1sc2c(F)c(C(F)(F)F)ccc2c1Cl.COC(=O)c1sc2cc(C(F)(F)F)c(F)cc2c1Cl.O=C(O)/C=C/c1ccc(C(F)(F)F)c(F)c1.O=C(O)c1sc2c(F)c(C(F)(F)F)ccc2c1Cl.O=C(O)c1sc2cc(C(F)(F)F)c(F)cc2c1Cl. The quantitative estimate of drug-likeness (QED) is 0.0829. The Morgan fingerprint density at radius 2 is 0.722 bits per heavy atom. The van der Waals surface area contributed by atoms with Crippen LogP contribution in [0.3, 0.4) is 0 Å². The summed E-state index contributed by atoms with van der Waals surface area (Å²) in [6.45, 7) is 0. The molecule has 0 aliphatic heterocycles. The zero-order chi connectivity index (χ0) is 68.4. The molecule has 0 fully saturated rings. The van der Waals surface area contributed by atoms with E-state index in [1.807, 2.05) is 0 Å². The fourth-order valence-electron chi connectivity index (χ4n) is 7.00. The van der Waals surface area contributed by atoms with Crippen LogP contribution < -0.4 is 0 Å². The van der Waals surface area contributed by atoms with Crippen LogP contribution in [0.5, 0.6) is 0 Å². The predicted molar refractivity (Wildman–Crippen MR) is 292 cm³/mol. The highest BCUT2D eigenvalue weighted by molar-refractivity contribution is 7.22. The van der Waals surface area contributed by atoms with Crippen LogP contribution in [0.4, 0.5) is 87.8 Å². The van der Waals surface area contributed by atoms with Gasteiger partial charge in [0.15, 0.2) is 11.6 Å². The van der Waals surface area contributed by atoms with Gasteiger partial charge in [0.1, 0.15) is 37.0 Å². The molecule has 4 aromatic heterocycles. The molecule has 90 heavy (non-hydrogen) atoms. The molecule has 0 unspecified atom stereocenters. The highest BCUT2D eigenvalue weighted by atomic mass is 35.5. The summed E-state index contributed by atoms with van der Waals surface area (Å²) in [5.41, 5.74) is -6.99. The van der Waals surface area contributed by atoms with Gasteiger partial charge >= 0.3 is 60.7 Å². The number of hydrogen-bond acceptors (Lipinski definition) is 11. The van der Waals surface area contributed by atoms with Crippen molar-refractivity contribution in [3.63, 3.8) is 0 Å². The highest BCUT2D eigenvalue weighted by Crippen LogP contribution is 2.46. The maximum atomic E-state index is 13.8. The largest absolute Gasteiger partial charge is 0.478 e. The Bertz CT molecular complexity index is 4280. The number of carboxylic acid groups (broad SMARTS) is 3. The number of halogens is 24. The summed E-state index contributed by atoms with van der Waals surface area (Å²) in [4.78, 5) is 53.5. The van der Waals surface area contributed by atoms with Gasteiger partial charge in [0.25, 0.3) is 0 Å². The molecule has 9 aromatic rings. The van der Waals surface area contributed by atoms with Crippen LogP contribution in [0.15, 0.2) is 72.8 Å². The number of hydrogen-bond donors (Lipinski definition) is 3. The molecule has 0 saturated carbocycles. The van der Waals surface area contributed by atoms with Gasteiger partial charge in [-0.15, -0.1) is 45.3 Å². The summed E-state index contributed by atoms with van der Waals surface area (Å²) < 4.78 is 262. The van der Waals surface area contributed by atoms with Gasteiger partial charge in [-0.05, 0) is 60.2 Å². The molecule has 0 radical (unpaired) electrons. The first-order valence-corrected chi connectivity index (χ1v) is 27.4. The lowest BCUT2D eigenvalue weighted by Gasteiger charge is -2.07. The van der Waals surface area contributed by atoms with Crippen LogP contribution >= 0.6 is 91.8 Å². The zero-order valence-corrected chi connectivity index (χ0v) is 49.2. The van der Waals surface area contributed by atoms with E-state index in [-0.39, 0.29) is 80.8 Å². The number of aromatic carboxylic acids is 2. The smallest absolute Gasteiger partial charge is 0.419 e. The van der Waals surface area contributed by atoms with Gasteiger partial charge < -0.3 is 24.8 Å². The van der Waals surface area contributed by atoms with Gasteiger partial charge in [0.05, 0.1) is 71.5 Å². The van der Waals surface area contributed by atoms with E-state index in [4.69, 9.17) is 61.7 Å². The van der Waals surface area contributed by atoms with Gasteiger partial charge in [0, 0.05) is 37.0 Å². The highest BCUT2D eigenvalue weighted by Gasteiger charge is 2.40. The number of methoxy groups -OCH3 is 2. The minimum Gasteiger partial charge on any atom is -0.478 e. The fraction of sp³-hybridized carbons (Fsp3) is 0.135. The summed E-state index contributed by atoms with van der Waals surface area (Å²) in [6.07, 6.45) is -22.3. The van der Waals surface area contributed by atoms with Crippen molar-refractivity contribution in [1.82, 2.24) is 0 Å². The van der Waals surface area contributed by atoms with E-state index in [9.17, 15) is 112 Å². The Balaban J connectivity index is 0.000000205. The van der Waals surface area contributed by atoms with Gasteiger partial charge in [-0.25, -0.2) is 45.9 Å². The van der Waals surface area contributed by atoms with Crippen LogP contribution in [0.25, 0.3) is 46.4 Å². The summed E-state index contributed by atoms with van der Waals surface area (Å²) in [7, 11) is 2.21. The van der Waals surface area contributed by atoms with Crippen molar-refractivity contribution in [3.8, 4) is 0 Å². The maximum Gasteiger partial charge on any atom is 0.419 e. The third kappa shape index (κ3) is 16.8. The number of esters is 2. The first-order valence-electron chi connectivity index (χ1n) is 22.6. The summed E-state index contributed by atoms with van der Waals surface area (Å²) in [5, 5.41) is 25.1. The van der Waals surface area contributed by atoms with Crippen molar-refractivity contribution in [2.24, 2.45) is 0 Å². The molecule has 10 nitrogen and oxygen atoms in total. The Morgan fingerprint density at radius 3 is 1.08 bits per heavy atom. The molecule has 38 heteroatoms. The average molecular weight is 1460 g/mol. The topological polar surface area (TPSA) is 164 Å². The molecule has 0 bridgehead atoms. The normalized spacial score (nSPS) is 12.0. The van der Waals surface area contributed by atoms with Gasteiger partial charge in [-0.1, -0.05) is 64.6 Å². The predicted octanol–water partition coefficient (Wildman–Crippen LogP) is 20.8. The van der Waals surface area contributed by atoms with Crippen LogP contribution in [-0.4, -0.2) is 59.4 Å². The molecule has 0 aliphatic rings. The van der Waals surface area contributed by atoms with Crippen molar-refractivity contribution < 1.29 is 137 Å². The second-order valence-electron chi connectivity index (χ2n) is 16.7. The van der Waals surface area contributed by atoms with Gasteiger partial charge in [-0.3, -0.25) is 0 Å². The number of carboxylic acids is 3. The zero-order valence-electron chi connectivity index (χ0n) is 42.9. The first kappa shape index (κ1) is 73.5. The second kappa shape index (κ2) is 28.1. The Labute approximate surface area is 521 Å². The fourth-order valence-corrected chi connectivity index (χ4v) is 12.6. The summed E-state index contributed by atoms with van der Waals surface area (Å²) >= 11 is 25.2. The lowest BCUT2D eigenvalue weighted by atomic mass is 10.1. The molecular formula is C52H22Cl4F20O10S4. The van der Waals surface area contributed by atoms with Crippen LogP contribution in [0.2, 0.25) is 20.1 Å². The third-order valence-corrected chi connectivity index (χ3v) is 17.6. The standard InChI is InChI=1S/2C11H5ClF4O2S.2C10H3ClF4O2S.C10H6F4O2/c1-18-10(17)9-8(12)4-2-6(13)5(11(14,15)16)3-7(4)19-9;1-18-10(17)9-6(12)4-2-3-5(11(14,15)16)7(13)8(4)19-9;11-7-3-1-5(12)4(10(13,14)15)2-6(3)18-8(7)9(16)17;11-5-3-1-2-4(10(13,14)15)6(12)7(3)18-8(5)9(16)17;11-8-5-6(2-4-9(15)16)1-3-7(8)10(12,13)14/h2*2-3H,1H3;2*1-2H,(H,16,17);1-5H,(H,15,16)/b;;;;4-2+. The molecule has 0 atom stereocenters. The molecule has 0 spiro atoms. The lowest BCUT2D eigenvalue weighted by Crippen LogP contribution is -2.07. The van der Waals surface area contributed by atoms with Gasteiger partial charge in [0.2, 0.25) is 0 Å². The van der Waals surface area contributed by atoms with E-state index >= 15 is 0 Å². The number of thiophene rings is 4. The van der Waals surface area contributed by atoms with E-state index in [0.29, 0.717) is 88.6 Å². The molecule has 0 saturated heterocycles. The minimum atomic E-state index is -4.84. The maximum absolute atomic E-state index is 13.8.